The first-order chi connectivity index (χ1) is 16.2. The van der Waals surface area contributed by atoms with Crippen LogP contribution in [-0.2, 0) is 33.6 Å². The van der Waals surface area contributed by atoms with Crippen LogP contribution >= 0.6 is 0 Å². The molecule has 0 aliphatic carbocycles. The number of rotatable bonds is 17. The first-order valence-electron chi connectivity index (χ1n) is 10.8. The number of hydrogen-bond acceptors (Lipinski definition) is 8. The molecule has 0 bridgehead atoms. The van der Waals surface area contributed by atoms with Crippen LogP contribution in [0.5, 0.6) is 0 Å². The molecule has 0 fully saturated rings. The van der Waals surface area contributed by atoms with Gasteiger partial charge in [0.1, 0.15) is 18.1 Å². The van der Waals surface area contributed by atoms with Crippen molar-refractivity contribution in [3.8, 4) is 0 Å². The molecule has 198 valence electrons. The Kier molecular flexibility index (Phi) is 13.6. The molecule has 5 unspecified atom stereocenters. The zero-order valence-electron chi connectivity index (χ0n) is 19.5. The fourth-order valence-corrected chi connectivity index (χ4v) is 2.86. The molecule has 0 saturated carbocycles. The van der Waals surface area contributed by atoms with Gasteiger partial charge in [0.15, 0.2) is 0 Å². The summed E-state index contributed by atoms with van der Waals surface area (Å²) in [4.78, 5) is 82.0. The maximum Gasteiger partial charge on any atom is 0.326 e. The lowest BCUT2D eigenvalue weighted by atomic mass is 9.97. The number of carbonyl (C=O) groups excluding carboxylic acids is 4. The minimum atomic E-state index is -1.58. The van der Waals surface area contributed by atoms with Gasteiger partial charge in [-0.15, -0.1) is 0 Å². The van der Waals surface area contributed by atoms with Crippen molar-refractivity contribution in [2.75, 3.05) is 0 Å². The van der Waals surface area contributed by atoms with E-state index in [0.29, 0.717) is 6.42 Å². The van der Waals surface area contributed by atoms with E-state index in [2.05, 4.69) is 16.0 Å². The summed E-state index contributed by atoms with van der Waals surface area (Å²) in [7, 11) is 0. The Hall–Kier alpha value is -3.75. The van der Waals surface area contributed by atoms with Gasteiger partial charge < -0.3 is 42.7 Å². The second-order valence-electron chi connectivity index (χ2n) is 7.97. The maximum absolute atomic E-state index is 12.9. The molecule has 35 heavy (non-hydrogen) atoms. The van der Waals surface area contributed by atoms with E-state index in [9.17, 15) is 38.7 Å². The Labute approximate surface area is 201 Å². The van der Waals surface area contributed by atoms with Crippen LogP contribution in [0.2, 0.25) is 0 Å². The van der Waals surface area contributed by atoms with E-state index < -0.39 is 90.9 Å². The van der Waals surface area contributed by atoms with Crippen molar-refractivity contribution in [2.45, 2.75) is 76.5 Å². The number of amides is 4. The van der Waals surface area contributed by atoms with Crippen LogP contribution in [0, 0.1) is 5.92 Å². The van der Waals surface area contributed by atoms with Crippen LogP contribution in [0.1, 0.15) is 52.4 Å². The van der Waals surface area contributed by atoms with Crippen molar-refractivity contribution in [3.63, 3.8) is 0 Å². The number of hydrogen-bond donors (Lipinski definition) is 8. The molecule has 0 aromatic heterocycles. The molecule has 0 aromatic carbocycles. The van der Waals surface area contributed by atoms with Crippen molar-refractivity contribution >= 4 is 41.5 Å². The van der Waals surface area contributed by atoms with Crippen LogP contribution in [-0.4, -0.2) is 81.0 Å². The summed E-state index contributed by atoms with van der Waals surface area (Å²) >= 11 is 0. The summed E-state index contributed by atoms with van der Waals surface area (Å²) in [6.07, 6.45) is -1.93. The molecule has 0 aliphatic heterocycles. The van der Waals surface area contributed by atoms with Crippen molar-refractivity contribution in [3.05, 3.63) is 0 Å². The van der Waals surface area contributed by atoms with Gasteiger partial charge >= 0.3 is 17.9 Å². The second kappa shape index (κ2) is 15.2. The molecule has 0 rings (SSSR count). The number of aliphatic carboxylic acids is 3. The monoisotopic (exact) mass is 503 g/mol. The summed E-state index contributed by atoms with van der Waals surface area (Å²) in [6.45, 7) is 3.32. The summed E-state index contributed by atoms with van der Waals surface area (Å²) in [6, 6.07) is -5.70. The van der Waals surface area contributed by atoms with E-state index in [0.717, 1.165) is 0 Å². The summed E-state index contributed by atoms with van der Waals surface area (Å²) in [5.74, 6) is -8.18. The Bertz CT molecular complexity index is 818. The fraction of sp³-hybridized carbons (Fsp3) is 0.650. The number of carboxylic acids is 3. The van der Waals surface area contributed by atoms with Crippen LogP contribution in [0.25, 0.3) is 0 Å². The molecule has 10 N–H and O–H groups in total. The van der Waals surface area contributed by atoms with Crippen molar-refractivity contribution in [1.29, 1.82) is 0 Å². The normalized spacial score (nSPS) is 14.9. The minimum absolute atomic E-state index is 0.308. The van der Waals surface area contributed by atoms with Gasteiger partial charge in [0, 0.05) is 12.8 Å². The van der Waals surface area contributed by atoms with Crippen LogP contribution in [0.3, 0.4) is 0 Å². The van der Waals surface area contributed by atoms with E-state index in [1.165, 1.54) is 0 Å². The van der Waals surface area contributed by atoms with Gasteiger partial charge in [-0.1, -0.05) is 20.3 Å². The van der Waals surface area contributed by atoms with Crippen LogP contribution in [0.4, 0.5) is 0 Å². The highest BCUT2D eigenvalue weighted by Crippen LogP contribution is 2.10. The molecule has 15 heteroatoms. The molecule has 0 aliphatic rings. The zero-order chi connectivity index (χ0) is 27.3. The molecule has 0 saturated heterocycles. The number of carboxylic acid groups (broad SMARTS) is 3. The van der Waals surface area contributed by atoms with Crippen molar-refractivity contribution < 1.29 is 48.9 Å². The quantitative estimate of drug-likeness (QED) is 0.103. The highest BCUT2D eigenvalue weighted by Gasteiger charge is 2.33. The topological polar surface area (TPSA) is 268 Å². The van der Waals surface area contributed by atoms with Gasteiger partial charge in [-0.25, -0.2) is 4.79 Å². The first-order valence-corrected chi connectivity index (χ1v) is 10.8. The lowest BCUT2D eigenvalue weighted by Crippen LogP contribution is -2.58. The highest BCUT2D eigenvalue weighted by molar-refractivity contribution is 5.95. The average Bonchev–Trinajstić information content (AvgIpc) is 2.75. The first kappa shape index (κ1) is 31.2. The third kappa shape index (κ3) is 12.3. The Morgan fingerprint density at radius 3 is 1.77 bits per heavy atom. The fourth-order valence-electron chi connectivity index (χ4n) is 2.86. The number of nitrogens with one attached hydrogen (secondary N) is 3. The number of primary amides is 1. The number of carbonyl (C=O) groups is 7. The zero-order valence-corrected chi connectivity index (χ0v) is 19.5. The molecular weight excluding hydrogens is 470 g/mol. The molecule has 15 nitrogen and oxygen atoms in total. The Balaban J connectivity index is 5.64. The molecule has 4 amide bonds. The standard InChI is InChI=1S/C20H33N5O10/c1-3-9(2)16(25-17(31)10(21)8-15(29)30)19(33)23-11(4-6-13(22)26)18(32)24-12(20(34)35)5-7-14(27)28/h9-12,16H,3-8,21H2,1-2H3,(H2,22,26)(H,23,33)(H,24,32)(H,25,31)(H,27,28)(H,29,30)(H,34,35). The smallest absolute Gasteiger partial charge is 0.326 e. The van der Waals surface area contributed by atoms with E-state index >= 15 is 0 Å². The van der Waals surface area contributed by atoms with Gasteiger partial charge in [-0.3, -0.25) is 28.8 Å². The Morgan fingerprint density at radius 1 is 0.771 bits per heavy atom. The minimum Gasteiger partial charge on any atom is -0.481 e. The molecule has 0 aromatic rings. The van der Waals surface area contributed by atoms with Crippen LogP contribution < -0.4 is 27.4 Å². The van der Waals surface area contributed by atoms with E-state index in [-0.39, 0.29) is 12.8 Å². The van der Waals surface area contributed by atoms with E-state index in [4.69, 9.17) is 21.7 Å². The predicted molar refractivity (Wildman–Crippen MR) is 118 cm³/mol. The molecule has 5 atom stereocenters. The van der Waals surface area contributed by atoms with Gasteiger partial charge in [-0.2, -0.15) is 0 Å². The van der Waals surface area contributed by atoms with Gasteiger partial charge in [-0.05, 0) is 18.8 Å². The third-order valence-corrected chi connectivity index (χ3v) is 5.10. The second-order valence-corrected chi connectivity index (χ2v) is 7.97. The summed E-state index contributed by atoms with van der Waals surface area (Å²) < 4.78 is 0. The van der Waals surface area contributed by atoms with Gasteiger partial charge in [0.05, 0.1) is 12.5 Å². The average molecular weight is 504 g/mol. The lowest BCUT2D eigenvalue weighted by Gasteiger charge is -2.27. The van der Waals surface area contributed by atoms with Crippen LogP contribution in [0.15, 0.2) is 0 Å². The number of nitrogens with two attached hydrogens (primary N) is 2. The molecule has 0 heterocycles. The highest BCUT2D eigenvalue weighted by atomic mass is 16.4. The van der Waals surface area contributed by atoms with Gasteiger partial charge in [0.25, 0.3) is 0 Å². The van der Waals surface area contributed by atoms with Gasteiger partial charge in [0.2, 0.25) is 23.6 Å². The largest absolute Gasteiger partial charge is 0.481 e. The van der Waals surface area contributed by atoms with Crippen molar-refractivity contribution in [1.82, 2.24) is 16.0 Å². The van der Waals surface area contributed by atoms with Crippen molar-refractivity contribution in [2.24, 2.45) is 17.4 Å². The summed E-state index contributed by atoms with van der Waals surface area (Å²) in [5, 5.41) is 33.6. The molecule has 0 spiro atoms. The maximum atomic E-state index is 12.9. The Morgan fingerprint density at radius 2 is 1.31 bits per heavy atom. The van der Waals surface area contributed by atoms with E-state index in [1.807, 2.05) is 0 Å². The molecule has 0 radical (unpaired) electrons. The third-order valence-electron chi connectivity index (χ3n) is 5.10. The lowest BCUT2D eigenvalue weighted by molar-refractivity contribution is -0.143. The SMILES string of the molecule is CCC(C)C(NC(=O)C(N)CC(=O)O)C(=O)NC(CCC(N)=O)C(=O)NC(CCC(=O)O)C(=O)O. The predicted octanol–water partition coefficient (Wildman–Crippen LogP) is -2.50. The van der Waals surface area contributed by atoms with E-state index in [1.54, 1.807) is 13.8 Å². The summed E-state index contributed by atoms with van der Waals surface area (Å²) in [5.41, 5.74) is 10.6. The molecular formula is C20H33N5O10.